The van der Waals surface area contributed by atoms with Crippen LogP contribution in [0.25, 0.3) is 0 Å². The van der Waals surface area contributed by atoms with Crippen LogP contribution in [0.2, 0.25) is 0 Å². The average Bonchev–Trinajstić information content (AvgIpc) is 3.16. The van der Waals surface area contributed by atoms with Gasteiger partial charge in [0, 0.05) is 19.7 Å². The monoisotopic (exact) mass is 266 g/mol. The number of methoxy groups -OCH3 is 1. The molecule has 2 unspecified atom stereocenters. The fourth-order valence-corrected chi connectivity index (χ4v) is 2.18. The van der Waals surface area contributed by atoms with Crippen LogP contribution in [0.3, 0.4) is 0 Å². The van der Waals surface area contributed by atoms with Crippen molar-refractivity contribution in [3.63, 3.8) is 0 Å². The lowest BCUT2D eigenvalue weighted by Gasteiger charge is -2.16. The van der Waals surface area contributed by atoms with Gasteiger partial charge < -0.3 is 15.8 Å². The van der Waals surface area contributed by atoms with Gasteiger partial charge in [-0.05, 0) is 25.7 Å². The molecular formula is C13H22N4O2. The summed E-state index contributed by atoms with van der Waals surface area (Å²) in [4.78, 5) is 11.9. The summed E-state index contributed by atoms with van der Waals surface area (Å²) in [5.74, 6) is 1.34. The third kappa shape index (κ3) is 3.54. The molecule has 1 aliphatic rings. The van der Waals surface area contributed by atoms with Gasteiger partial charge in [-0.3, -0.25) is 4.79 Å². The maximum atomic E-state index is 11.9. The van der Waals surface area contributed by atoms with Crippen molar-refractivity contribution in [2.75, 3.05) is 19.0 Å². The first-order valence-electron chi connectivity index (χ1n) is 6.72. The highest BCUT2D eigenvalue weighted by atomic mass is 16.5. The number of hydrogen-bond acceptors (Lipinski definition) is 4. The molecule has 0 bridgehead atoms. The zero-order valence-electron chi connectivity index (χ0n) is 11.5. The Labute approximate surface area is 113 Å². The molecule has 0 aliphatic heterocycles. The molecule has 0 saturated heterocycles. The van der Waals surface area contributed by atoms with Gasteiger partial charge in [0.1, 0.15) is 5.82 Å². The van der Waals surface area contributed by atoms with Crippen LogP contribution in [-0.4, -0.2) is 35.4 Å². The second-order valence-electron chi connectivity index (χ2n) is 5.08. The third-order valence-electron chi connectivity index (χ3n) is 3.64. The number of carbonyl (C=O) groups excluding carboxylic acids is 1. The number of aromatic nitrogens is 2. The van der Waals surface area contributed by atoms with E-state index < -0.39 is 0 Å². The zero-order valence-corrected chi connectivity index (χ0v) is 11.5. The number of nitrogens with two attached hydrogens (primary N) is 1. The molecule has 1 fully saturated rings. The summed E-state index contributed by atoms with van der Waals surface area (Å²) in [6, 6.07) is 2.15. The highest BCUT2D eigenvalue weighted by Crippen LogP contribution is 2.40. The maximum absolute atomic E-state index is 11.9. The summed E-state index contributed by atoms with van der Waals surface area (Å²) in [5, 5.41) is 7.18. The predicted octanol–water partition coefficient (Wildman–Crippen LogP) is 1.16. The van der Waals surface area contributed by atoms with E-state index in [-0.39, 0.29) is 18.4 Å². The van der Waals surface area contributed by atoms with E-state index in [1.165, 1.54) is 12.8 Å². The number of rotatable bonds is 7. The van der Waals surface area contributed by atoms with Crippen molar-refractivity contribution in [3.05, 3.63) is 12.3 Å². The molecule has 106 valence electrons. The van der Waals surface area contributed by atoms with Crippen LogP contribution in [0, 0.1) is 5.92 Å². The van der Waals surface area contributed by atoms with Crippen LogP contribution in [0.4, 0.5) is 5.82 Å². The van der Waals surface area contributed by atoms with E-state index in [2.05, 4.69) is 17.3 Å². The number of amides is 1. The molecule has 0 spiro atoms. The van der Waals surface area contributed by atoms with E-state index in [0.717, 1.165) is 5.82 Å². The molecule has 0 radical (unpaired) electrons. The van der Waals surface area contributed by atoms with Gasteiger partial charge in [0.15, 0.2) is 0 Å². The molecule has 3 N–H and O–H groups in total. The lowest BCUT2D eigenvalue weighted by molar-refractivity contribution is -0.118. The molecule has 1 aromatic rings. The summed E-state index contributed by atoms with van der Waals surface area (Å²) in [5.41, 5.74) is 5.51. The first-order chi connectivity index (χ1) is 9.15. The van der Waals surface area contributed by atoms with Crippen LogP contribution >= 0.6 is 0 Å². The zero-order chi connectivity index (χ0) is 13.8. The van der Waals surface area contributed by atoms with Crippen LogP contribution in [0.15, 0.2) is 12.3 Å². The van der Waals surface area contributed by atoms with Gasteiger partial charge in [0.05, 0.1) is 24.8 Å². The Balaban J connectivity index is 1.95. The van der Waals surface area contributed by atoms with Crippen molar-refractivity contribution in [2.45, 2.75) is 38.3 Å². The SMILES string of the molecule is COC(CN)CC(=O)Nc1ccnn1C(C)C1CC1. The van der Waals surface area contributed by atoms with E-state index in [4.69, 9.17) is 10.5 Å². The Kier molecular flexibility index (Phi) is 4.55. The van der Waals surface area contributed by atoms with Crippen LogP contribution in [-0.2, 0) is 9.53 Å². The quantitative estimate of drug-likeness (QED) is 0.775. The van der Waals surface area contributed by atoms with Gasteiger partial charge in [-0.1, -0.05) is 0 Å². The van der Waals surface area contributed by atoms with Gasteiger partial charge in [-0.15, -0.1) is 0 Å². The van der Waals surface area contributed by atoms with Gasteiger partial charge in [0.2, 0.25) is 5.91 Å². The molecule has 2 rings (SSSR count). The molecular weight excluding hydrogens is 244 g/mol. The maximum Gasteiger partial charge on any atom is 0.228 e. The Morgan fingerprint density at radius 3 is 3.00 bits per heavy atom. The van der Waals surface area contributed by atoms with Crippen LogP contribution < -0.4 is 11.1 Å². The van der Waals surface area contributed by atoms with Gasteiger partial charge >= 0.3 is 0 Å². The predicted molar refractivity (Wildman–Crippen MR) is 72.8 cm³/mol. The molecule has 1 heterocycles. The van der Waals surface area contributed by atoms with Crippen molar-refractivity contribution < 1.29 is 9.53 Å². The molecule has 6 heteroatoms. The van der Waals surface area contributed by atoms with Crippen molar-refractivity contribution in [1.82, 2.24) is 9.78 Å². The molecule has 2 atom stereocenters. The van der Waals surface area contributed by atoms with Crippen molar-refractivity contribution >= 4 is 11.7 Å². The van der Waals surface area contributed by atoms with E-state index in [1.807, 2.05) is 10.7 Å². The Bertz CT molecular complexity index is 424. The highest BCUT2D eigenvalue weighted by molar-refractivity contribution is 5.90. The topological polar surface area (TPSA) is 82.2 Å². The van der Waals surface area contributed by atoms with E-state index in [1.54, 1.807) is 13.3 Å². The fourth-order valence-electron chi connectivity index (χ4n) is 2.18. The Morgan fingerprint density at radius 2 is 2.42 bits per heavy atom. The minimum Gasteiger partial charge on any atom is -0.380 e. The van der Waals surface area contributed by atoms with Crippen molar-refractivity contribution in [1.29, 1.82) is 0 Å². The van der Waals surface area contributed by atoms with Gasteiger partial charge in [-0.2, -0.15) is 5.10 Å². The molecule has 19 heavy (non-hydrogen) atoms. The van der Waals surface area contributed by atoms with Gasteiger partial charge in [-0.25, -0.2) is 4.68 Å². The molecule has 0 aromatic carbocycles. The second kappa shape index (κ2) is 6.16. The summed E-state index contributed by atoms with van der Waals surface area (Å²) < 4.78 is 7.00. The highest BCUT2D eigenvalue weighted by Gasteiger charge is 2.30. The summed E-state index contributed by atoms with van der Waals surface area (Å²) >= 11 is 0. The summed E-state index contributed by atoms with van der Waals surface area (Å²) in [6.45, 7) is 2.47. The van der Waals surface area contributed by atoms with E-state index >= 15 is 0 Å². The average molecular weight is 266 g/mol. The normalized spacial score (nSPS) is 18.1. The standard InChI is InChI=1S/C13H22N4O2/c1-9(10-3-4-10)17-12(5-6-15-17)16-13(18)7-11(8-14)19-2/h5-6,9-11H,3-4,7-8,14H2,1-2H3,(H,16,18). The number of anilines is 1. The third-order valence-corrected chi connectivity index (χ3v) is 3.64. The van der Waals surface area contributed by atoms with Crippen molar-refractivity contribution in [3.8, 4) is 0 Å². The number of ether oxygens (including phenoxy) is 1. The number of hydrogen-bond donors (Lipinski definition) is 2. The largest absolute Gasteiger partial charge is 0.380 e. The smallest absolute Gasteiger partial charge is 0.228 e. The van der Waals surface area contributed by atoms with Crippen LogP contribution in [0.5, 0.6) is 0 Å². The van der Waals surface area contributed by atoms with Crippen molar-refractivity contribution in [2.24, 2.45) is 11.7 Å². The van der Waals surface area contributed by atoms with Gasteiger partial charge in [0.25, 0.3) is 0 Å². The lowest BCUT2D eigenvalue weighted by atomic mass is 10.2. The number of nitrogens with one attached hydrogen (secondary N) is 1. The second-order valence-corrected chi connectivity index (χ2v) is 5.08. The van der Waals surface area contributed by atoms with Crippen LogP contribution in [0.1, 0.15) is 32.2 Å². The minimum atomic E-state index is -0.239. The Morgan fingerprint density at radius 1 is 1.68 bits per heavy atom. The molecule has 6 nitrogen and oxygen atoms in total. The minimum absolute atomic E-state index is 0.0953. The fraction of sp³-hybridized carbons (Fsp3) is 0.692. The molecule has 1 amide bonds. The first-order valence-corrected chi connectivity index (χ1v) is 6.72. The van der Waals surface area contributed by atoms with E-state index in [9.17, 15) is 4.79 Å². The molecule has 1 aliphatic carbocycles. The number of carbonyl (C=O) groups is 1. The van der Waals surface area contributed by atoms with E-state index in [0.29, 0.717) is 18.5 Å². The first kappa shape index (κ1) is 14.0. The molecule has 1 aromatic heterocycles. The summed E-state index contributed by atoms with van der Waals surface area (Å²) in [7, 11) is 1.56. The Hall–Kier alpha value is -1.40. The molecule has 1 saturated carbocycles. The number of nitrogens with zero attached hydrogens (tertiary/aromatic N) is 2. The lowest BCUT2D eigenvalue weighted by Crippen LogP contribution is -2.29. The summed E-state index contributed by atoms with van der Waals surface area (Å²) in [6.07, 6.45) is 4.22.